The van der Waals surface area contributed by atoms with Gasteiger partial charge in [-0.1, -0.05) is 30.3 Å². The molecule has 0 saturated heterocycles. The number of oxazole rings is 1. The first-order valence-electron chi connectivity index (χ1n) is 13.7. The summed E-state index contributed by atoms with van der Waals surface area (Å²) in [5.41, 5.74) is 4.47. The van der Waals surface area contributed by atoms with Gasteiger partial charge < -0.3 is 24.1 Å². The van der Waals surface area contributed by atoms with Crippen molar-refractivity contribution < 1.29 is 23.5 Å². The van der Waals surface area contributed by atoms with Gasteiger partial charge in [0.25, 0.3) is 5.91 Å². The second-order valence-electron chi connectivity index (χ2n) is 10.1. The van der Waals surface area contributed by atoms with Crippen molar-refractivity contribution in [3.05, 3.63) is 107 Å². The summed E-state index contributed by atoms with van der Waals surface area (Å²) in [5, 5.41) is 2.97. The van der Waals surface area contributed by atoms with Gasteiger partial charge in [0.2, 0.25) is 5.91 Å². The Bertz CT molecular complexity index is 1530. The van der Waals surface area contributed by atoms with Crippen LogP contribution in [0.15, 0.2) is 77.4 Å². The molecule has 4 aromatic rings. The molecule has 0 spiro atoms. The van der Waals surface area contributed by atoms with Gasteiger partial charge in [0.05, 0.1) is 12.6 Å². The molecule has 0 fully saturated rings. The zero-order chi connectivity index (χ0) is 27.5. The molecule has 1 unspecified atom stereocenters. The molecule has 1 atom stereocenters. The van der Waals surface area contributed by atoms with Crippen LogP contribution < -0.4 is 14.8 Å². The number of nitrogens with one attached hydrogen (secondary N) is 1. The summed E-state index contributed by atoms with van der Waals surface area (Å²) in [6.07, 6.45) is 3.88. The molecule has 204 valence electrons. The van der Waals surface area contributed by atoms with Crippen LogP contribution in [-0.4, -0.2) is 41.4 Å². The molecule has 9 rings (SSSR count). The number of hydrogen-bond donors (Lipinski definition) is 1. The fraction of sp³-hybridized carbons (Fsp3) is 0.281. The smallest absolute Gasteiger partial charge is 0.276 e. The normalized spacial score (nSPS) is 17.4. The lowest BCUT2D eigenvalue weighted by Gasteiger charge is -2.37. The van der Waals surface area contributed by atoms with Crippen molar-refractivity contribution >= 4 is 11.8 Å². The highest BCUT2D eigenvalue weighted by atomic mass is 16.5. The van der Waals surface area contributed by atoms with Crippen LogP contribution in [0.5, 0.6) is 17.2 Å². The van der Waals surface area contributed by atoms with Crippen molar-refractivity contribution in [1.82, 2.24) is 15.2 Å². The number of hydrogen-bond acceptors (Lipinski definition) is 6. The van der Waals surface area contributed by atoms with E-state index in [1.807, 2.05) is 65.6 Å². The highest BCUT2D eigenvalue weighted by molar-refractivity contribution is 5.93. The summed E-state index contributed by atoms with van der Waals surface area (Å²) in [6, 6.07) is 21.4. The molecule has 3 aromatic carbocycles. The van der Waals surface area contributed by atoms with E-state index in [4.69, 9.17) is 13.9 Å². The van der Waals surface area contributed by atoms with Gasteiger partial charge in [-0.15, -0.1) is 0 Å². The van der Waals surface area contributed by atoms with Crippen molar-refractivity contribution in [3.8, 4) is 17.2 Å². The Hall–Kier alpha value is -4.59. The number of nitrogens with zero attached hydrogens (tertiary/aromatic N) is 2. The third kappa shape index (κ3) is 5.57. The summed E-state index contributed by atoms with van der Waals surface area (Å²) in [4.78, 5) is 32.1. The maximum absolute atomic E-state index is 13.6. The summed E-state index contributed by atoms with van der Waals surface area (Å²) in [7, 11) is 0. The zero-order valence-electron chi connectivity index (χ0n) is 22.4. The zero-order valence-corrected chi connectivity index (χ0v) is 22.4. The maximum atomic E-state index is 13.6. The minimum Gasteiger partial charge on any atom is -0.494 e. The third-order valence-corrected chi connectivity index (χ3v) is 7.33. The highest BCUT2D eigenvalue weighted by Gasteiger charge is 2.34. The molecular formula is C32H31N3O5. The van der Waals surface area contributed by atoms with Gasteiger partial charge in [0.15, 0.2) is 11.6 Å². The Morgan fingerprint density at radius 2 is 1.82 bits per heavy atom. The van der Waals surface area contributed by atoms with Gasteiger partial charge >= 0.3 is 0 Å². The molecule has 40 heavy (non-hydrogen) atoms. The Kier molecular flexibility index (Phi) is 7.23. The Balaban J connectivity index is 1.37. The molecule has 8 heteroatoms. The van der Waals surface area contributed by atoms with Crippen LogP contribution in [-0.2, 0) is 17.6 Å². The van der Waals surface area contributed by atoms with E-state index in [0.717, 1.165) is 33.8 Å². The molecule has 0 saturated carbocycles. The fourth-order valence-corrected chi connectivity index (χ4v) is 5.32. The average molecular weight is 538 g/mol. The maximum Gasteiger partial charge on any atom is 0.276 e. The van der Waals surface area contributed by atoms with Gasteiger partial charge in [-0.25, -0.2) is 4.98 Å². The van der Waals surface area contributed by atoms with Gasteiger partial charge in [-0.3, -0.25) is 9.59 Å². The summed E-state index contributed by atoms with van der Waals surface area (Å²) in [5.74, 6) is 2.48. The Morgan fingerprint density at radius 1 is 0.975 bits per heavy atom. The largest absolute Gasteiger partial charge is 0.494 e. The third-order valence-electron chi connectivity index (χ3n) is 7.33. The molecule has 6 heterocycles. The molecule has 1 aromatic heterocycles. The van der Waals surface area contributed by atoms with Gasteiger partial charge in [-0.2, -0.15) is 0 Å². The standard InChI is InChI=1S/C32H31N3O5/c1-21-34-29(20-39-21)32(37)35-16-14-23-18-27-11-12-28(23)31(35)24-4-2-5-26(19-24)38-17-3-15-33-30(36)13-8-22-6-9-25(40-27)10-7-22/h2,4-7,9-12,18-20,31H,3,8,13-17H2,1H3,(H,33,36). The SMILES string of the molecule is Cc1nc(C(=O)N2CCc3cc4ccc3C2c2cccc(c2)OCCCNC(=O)CCc2ccc(cc2)O4)co1. The van der Waals surface area contributed by atoms with Crippen LogP contribution in [0.25, 0.3) is 0 Å². The van der Waals surface area contributed by atoms with E-state index in [1.54, 1.807) is 6.92 Å². The molecular weight excluding hydrogens is 506 g/mol. The minimum atomic E-state index is -0.335. The van der Waals surface area contributed by atoms with E-state index in [0.29, 0.717) is 62.7 Å². The van der Waals surface area contributed by atoms with Crippen LogP contribution in [0, 0.1) is 6.92 Å². The number of ether oxygens (including phenoxy) is 2. The molecule has 0 radical (unpaired) electrons. The number of aromatic nitrogens is 1. The topological polar surface area (TPSA) is 93.9 Å². The molecule has 1 N–H and O–H groups in total. The number of aryl methyl sites for hydroxylation is 2. The number of benzene rings is 3. The molecule has 8 nitrogen and oxygen atoms in total. The van der Waals surface area contributed by atoms with E-state index in [-0.39, 0.29) is 17.9 Å². The molecule has 8 bridgehead atoms. The molecule has 0 aliphatic carbocycles. The lowest BCUT2D eigenvalue weighted by molar-refractivity contribution is -0.121. The van der Waals surface area contributed by atoms with Gasteiger partial charge in [0.1, 0.15) is 23.5 Å². The lowest BCUT2D eigenvalue weighted by atomic mass is 9.87. The first kappa shape index (κ1) is 25.7. The van der Waals surface area contributed by atoms with Crippen LogP contribution in [0.4, 0.5) is 0 Å². The predicted octanol–water partition coefficient (Wildman–Crippen LogP) is 5.39. The minimum absolute atomic E-state index is 0.0221. The van der Waals surface area contributed by atoms with Crippen molar-refractivity contribution in [2.75, 3.05) is 19.7 Å². The lowest BCUT2D eigenvalue weighted by Crippen LogP contribution is -2.40. The first-order chi connectivity index (χ1) is 19.5. The van der Waals surface area contributed by atoms with Crippen molar-refractivity contribution in [1.29, 1.82) is 0 Å². The van der Waals surface area contributed by atoms with Crippen molar-refractivity contribution in [3.63, 3.8) is 0 Å². The van der Waals surface area contributed by atoms with E-state index in [2.05, 4.69) is 16.4 Å². The van der Waals surface area contributed by atoms with E-state index < -0.39 is 0 Å². The summed E-state index contributed by atoms with van der Waals surface area (Å²) >= 11 is 0. The predicted molar refractivity (Wildman–Crippen MR) is 149 cm³/mol. The van der Waals surface area contributed by atoms with E-state index >= 15 is 0 Å². The van der Waals surface area contributed by atoms with E-state index in [9.17, 15) is 9.59 Å². The quantitative estimate of drug-likeness (QED) is 0.350. The van der Waals surface area contributed by atoms with Crippen LogP contribution in [0.3, 0.4) is 0 Å². The molecule has 2 amide bonds. The Labute approximate surface area is 232 Å². The second-order valence-corrected chi connectivity index (χ2v) is 10.1. The average Bonchev–Trinajstić information content (AvgIpc) is 3.41. The fourth-order valence-electron chi connectivity index (χ4n) is 5.32. The van der Waals surface area contributed by atoms with Crippen molar-refractivity contribution in [2.45, 2.75) is 38.6 Å². The second kappa shape index (κ2) is 11.3. The summed E-state index contributed by atoms with van der Waals surface area (Å²) in [6.45, 7) is 3.26. The number of carbonyl (C=O) groups is 2. The number of amides is 2. The molecule has 5 aliphatic rings. The van der Waals surface area contributed by atoms with Gasteiger partial charge in [0, 0.05) is 26.4 Å². The first-order valence-corrected chi connectivity index (χ1v) is 13.7. The number of carbonyl (C=O) groups excluding carboxylic acids is 2. The van der Waals surface area contributed by atoms with E-state index in [1.165, 1.54) is 6.26 Å². The van der Waals surface area contributed by atoms with Crippen LogP contribution in [0.2, 0.25) is 0 Å². The Morgan fingerprint density at radius 3 is 2.65 bits per heavy atom. The van der Waals surface area contributed by atoms with Gasteiger partial charge in [-0.05, 0) is 77.9 Å². The number of rotatable bonds is 1. The van der Waals surface area contributed by atoms with Crippen molar-refractivity contribution in [2.24, 2.45) is 0 Å². The monoisotopic (exact) mass is 537 g/mol. The van der Waals surface area contributed by atoms with Crippen LogP contribution in [0.1, 0.15) is 57.5 Å². The highest BCUT2D eigenvalue weighted by Crippen LogP contribution is 2.39. The molecule has 5 aliphatic heterocycles. The van der Waals surface area contributed by atoms with Crippen LogP contribution >= 0.6 is 0 Å². The summed E-state index contributed by atoms with van der Waals surface area (Å²) < 4.78 is 17.6.